The number of hydrogen-bond acceptors (Lipinski definition) is 3. The average molecular weight is 377 g/mol. The number of aromatic nitrogens is 2. The summed E-state index contributed by atoms with van der Waals surface area (Å²) in [5, 5.41) is 0.452. The second kappa shape index (κ2) is 7.46. The summed E-state index contributed by atoms with van der Waals surface area (Å²) in [6.45, 7) is 2.87. The summed E-state index contributed by atoms with van der Waals surface area (Å²) < 4.78 is 1.48. The lowest BCUT2D eigenvalue weighted by Crippen LogP contribution is -2.35. The second-order valence-corrected chi connectivity index (χ2v) is 7.42. The lowest BCUT2D eigenvalue weighted by atomic mass is 10.1. The Bertz CT molecular complexity index is 1140. The molecule has 1 aliphatic carbocycles. The molecular formula is C22H23N3O3. The highest BCUT2D eigenvalue weighted by molar-refractivity contribution is 5.79. The number of benzene rings is 2. The van der Waals surface area contributed by atoms with Crippen molar-refractivity contribution in [2.24, 2.45) is 0 Å². The molecule has 0 bridgehead atoms. The zero-order valence-corrected chi connectivity index (χ0v) is 15.9. The number of H-pyrrole nitrogens is 1. The molecule has 4 rings (SSSR count). The second-order valence-electron chi connectivity index (χ2n) is 7.42. The number of para-hydroxylation sites is 1. The van der Waals surface area contributed by atoms with Gasteiger partial charge < -0.3 is 4.90 Å². The molecule has 1 fully saturated rings. The first-order chi connectivity index (χ1) is 13.5. The maximum absolute atomic E-state index is 12.9. The van der Waals surface area contributed by atoms with Gasteiger partial charge in [0.25, 0.3) is 5.56 Å². The van der Waals surface area contributed by atoms with Crippen molar-refractivity contribution < 1.29 is 4.79 Å². The van der Waals surface area contributed by atoms with Crippen molar-refractivity contribution in [3.8, 4) is 0 Å². The molecule has 28 heavy (non-hydrogen) atoms. The van der Waals surface area contributed by atoms with E-state index in [0.29, 0.717) is 17.4 Å². The molecule has 0 aliphatic heterocycles. The number of hydrogen-bond donors (Lipinski definition) is 1. The van der Waals surface area contributed by atoms with Crippen molar-refractivity contribution >= 4 is 16.8 Å². The summed E-state index contributed by atoms with van der Waals surface area (Å²) in [5.41, 5.74) is 1.97. The van der Waals surface area contributed by atoms with E-state index in [0.717, 1.165) is 18.4 Å². The van der Waals surface area contributed by atoms with Crippen molar-refractivity contribution in [3.63, 3.8) is 0 Å². The quantitative estimate of drug-likeness (QED) is 0.717. The molecule has 0 atom stereocenters. The predicted molar refractivity (Wildman–Crippen MR) is 108 cm³/mol. The molecule has 1 N–H and O–H groups in total. The van der Waals surface area contributed by atoms with Gasteiger partial charge in [-0.25, -0.2) is 4.79 Å². The van der Waals surface area contributed by atoms with E-state index in [4.69, 9.17) is 0 Å². The highest BCUT2D eigenvalue weighted by atomic mass is 16.2. The van der Waals surface area contributed by atoms with Gasteiger partial charge in [-0.3, -0.25) is 19.1 Å². The van der Waals surface area contributed by atoms with Crippen LogP contribution in [0, 0.1) is 6.92 Å². The highest BCUT2D eigenvalue weighted by Gasteiger charge is 2.32. The fourth-order valence-corrected chi connectivity index (χ4v) is 3.63. The smallest absolute Gasteiger partial charge is 0.328 e. The van der Waals surface area contributed by atoms with Crippen LogP contribution in [0.15, 0.2) is 58.1 Å². The monoisotopic (exact) mass is 377 g/mol. The van der Waals surface area contributed by atoms with Gasteiger partial charge in [0.1, 0.15) is 0 Å². The molecule has 1 heterocycles. The molecule has 3 aromatic rings. The summed E-state index contributed by atoms with van der Waals surface area (Å²) >= 11 is 0. The molecule has 0 radical (unpaired) electrons. The molecule has 1 saturated carbocycles. The van der Waals surface area contributed by atoms with Crippen LogP contribution in [-0.4, -0.2) is 26.4 Å². The standard InChI is InChI=1S/C22H23N3O3/c1-15-5-4-6-16(13-15)14-25(17-9-10-17)20(26)11-12-24-19-8-3-2-7-18(19)21(27)23-22(24)28/h2-8,13,17H,9-12,14H2,1H3,(H,23,27,28). The van der Waals surface area contributed by atoms with Crippen LogP contribution in [-0.2, 0) is 17.9 Å². The fraction of sp³-hybridized carbons (Fsp3) is 0.318. The summed E-state index contributed by atoms with van der Waals surface area (Å²) in [6.07, 6.45) is 2.27. The molecule has 1 aliphatic rings. The van der Waals surface area contributed by atoms with Crippen LogP contribution in [0.4, 0.5) is 0 Å². The minimum atomic E-state index is -0.479. The van der Waals surface area contributed by atoms with Crippen LogP contribution in [0.5, 0.6) is 0 Å². The molecule has 6 heteroatoms. The lowest BCUT2D eigenvalue weighted by Gasteiger charge is -2.23. The number of amides is 1. The van der Waals surface area contributed by atoms with Gasteiger partial charge in [0.05, 0.1) is 10.9 Å². The summed E-state index contributed by atoms with van der Waals surface area (Å²) in [4.78, 5) is 41.5. The summed E-state index contributed by atoms with van der Waals surface area (Å²) in [5.74, 6) is 0.0335. The van der Waals surface area contributed by atoms with Gasteiger partial charge in [0.15, 0.2) is 0 Å². The maximum Gasteiger partial charge on any atom is 0.328 e. The average Bonchev–Trinajstić information content (AvgIpc) is 3.51. The van der Waals surface area contributed by atoms with Crippen LogP contribution >= 0.6 is 0 Å². The van der Waals surface area contributed by atoms with E-state index in [1.165, 1.54) is 10.1 Å². The largest absolute Gasteiger partial charge is 0.335 e. The maximum atomic E-state index is 12.9. The van der Waals surface area contributed by atoms with Gasteiger partial charge in [-0.2, -0.15) is 0 Å². The van der Waals surface area contributed by atoms with E-state index in [9.17, 15) is 14.4 Å². The van der Waals surface area contributed by atoms with Gasteiger partial charge in [-0.1, -0.05) is 42.0 Å². The molecule has 0 spiro atoms. The first-order valence-electron chi connectivity index (χ1n) is 9.60. The SMILES string of the molecule is Cc1cccc(CN(C(=O)CCn2c(=O)[nH]c(=O)c3ccccc32)C2CC2)c1. The first kappa shape index (κ1) is 18.2. The Hall–Kier alpha value is -3.15. The molecule has 0 saturated heterocycles. The van der Waals surface area contributed by atoms with Crippen molar-refractivity contribution in [1.82, 2.24) is 14.5 Å². The van der Waals surface area contributed by atoms with E-state index in [1.54, 1.807) is 24.3 Å². The normalized spacial score (nSPS) is 13.6. The van der Waals surface area contributed by atoms with Crippen LogP contribution < -0.4 is 11.2 Å². The molecule has 6 nitrogen and oxygen atoms in total. The number of aryl methyl sites for hydroxylation is 2. The third-order valence-electron chi connectivity index (χ3n) is 5.20. The zero-order chi connectivity index (χ0) is 19.7. The molecule has 0 unspecified atom stereocenters. The Morgan fingerprint density at radius 1 is 1.14 bits per heavy atom. The number of fused-ring (bicyclic) bond motifs is 1. The van der Waals surface area contributed by atoms with E-state index >= 15 is 0 Å². The fourth-order valence-electron chi connectivity index (χ4n) is 3.63. The van der Waals surface area contributed by atoms with Crippen LogP contribution in [0.1, 0.15) is 30.4 Å². The Morgan fingerprint density at radius 3 is 2.68 bits per heavy atom. The third-order valence-corrected chi connectivity index (χ3v) is 5.20. The minimum Gasteiger partial charge on any atom is -0.335 e. The van der Waals surface area contributed by atoms with Gasteiger partial charge in [0.2, 0.25) is 5.91 Å². The lowest BCUT2D eigenvalue weighted by molar-refractivity contribution is -0.132. The number of carbonyl (C=O) groups excluding carboxylic acids is 1. The highest BCUT2D eigenvalue weighted by Crippen LogP contribution is 2.29. The van der Waals surface area contributed by atoms with Gasteiger partial charge >= 0.3 is 5.69 Å². The Kier molecular flexibility index (Phi) is 4.86. The molecule has 144 valence electrons. The predicted octanol–water partition coefficient (Wildman–Crippen LogP) is 2.58. The number of rotatable bonds is 6. The van der Waals surface area contributed by atoms with E-state index in [1.807, 2.05) is 30.0 Å². The van der Waals surface area contributed by atoms with E-state index in [2.05, 4.69) is 11.1 Å². The van der Waals surface area contributed by atoms with Crippen molar-refractivity contribution in [3.05, 3.63) is 80.5 Å². The van der Waals surface area contributed by atoms with E-state index in [-0.39, 0.29) is 24.9 Å². The number of carbonyl (C=O) groups is 1. The van der Waals surface area contributed by atoms with Gasteiger partial charge in [-0.05, 0) is 37.5 Å². The molecular weight excluding hydrogens is 354 g/mol. The van der Waals surface area contributed by atoms with Crippen molar-refractivity contribution in [2.45, 2.75) is 45.3 Å². The van der Waals surface area contributed by atoms with Gasteiger partial charge in [0, 0.05) is 25.6 Å². The Morgan fingerprint density at radius 2 is 1.93 bits per heavy atom. The zero-order valence-electron chi connectivity index (χ0n) is 15.9. The number of nitrogens with one attached hydrogen (secondary N) is 1. The first-order valence-corrected chi connectivity index (χ1v) is 9.60. The Balaban J connectivity index is 1.54. The van der Waals surface area contributed by atoms with Crippen LogP contribution in [0.3, 0.4) is 0 Å². The molecule has 1 amide bonds. The summed E-state index contributed by atoms with van der Waals surface area (Å²) in [7, 11) is 0. The molecule has 2 aromatic carbocycles. The minimum absolute atomic E-state index is 0.0335. The third kappa shape index (κ3) is 3.76. The molecule has 1 aromatic heterocycles. The number of nitrogens with zero attached hydrogens (tertiary/aromatic N) is 2. The number of aromatic amines is 1. The Labute approximate surface area is 162 Å². The topological polar surface area (TPSA) is 75.2 Å². The van der Waals surface area contributed by atoms with Gasteiger partial charge in [-0.15, -0.1) is 0 Å². The summed E-state index contributed by atoms with van der Waals surface area (Å²) in [6, 6.07) is 15.4. The van der Waals surface area contributed by atoms with E-state index < -0.39 is 11.2 Å². The van der Waals surface area contributed by atoms with Crippen molar-refractivity contribution in [2.75, 3.05) is 0 Å². The van der Waals surface area contributed by atoms with Crippen LogP contribution in [0.2, 0.25) is 0 Å². The van der Waals surface area contributed by atoms with Crippen LogP contribution in [0.25, 0.3) is 10.9 Å². The van der Waals surface area contributed by atoms with Crippen molar-refractivity contribution in [1.29, 1.82) is 0 Å².